The van der Waals surface area contributed by atoms with Crippen LogP contribution in [-0.2, 0) is 26.3 Å². The molecule has 0 unspecified atom stereocenters. The molecule has 268 valence electrons. The van der Waals surface area contributed by atoms with E-state index in [1.54, 1.807) is 22.9 Å². The Labute approximate surface area is 298 Å². The van der Waals surface area contributed by atoms with Gasteiger partial charge in [-0.25, -0.2) is 9.48 Å². The van der Waals surface area contributed by atoms with E-state index in [2.05, 4.69) is 52.6 Å². The number of carbonyl (C=O) groups is 1. The second-order valence-corrected chi connectivity index (χ2v) is 16.0. The number of anilines is 2. The third kappa shape index (κ3) is 7.86. The van der Waals surface area contributed by atoms with Crippen LogP contribution in [0, 0.1) is 0 Å². The van der Waals surface area contributed by atoms with Gasteiger partial charge in [0.25, 0.3) is 10.1 Å². The molecule has 2 amide bonds. The number of piperidine rings is 1. The smallest absolute Gasteiger partial charge is 0.320 e. The number of nitrogens with one attached hydrogen (secondary N) is 2. The highest BCUT2D eigenvalue weighted by atomic mass is 32.2. The molecule has 0 bridgehead atoms. The number of pyridine rings is 1. The first kappa shape index (κ1) is 34.5. The normalized spacial score (nSPS) is 18.0. The van der Waals surface area contributed by atoms with Crippen molar-refractivity contribution < 1.29 is 22.1 Å². The molecule has 0 saturated carbocycles. The molecule has 0 radical (unpaired) electrons. The minimum absolute atomic E-state index is 0.107. The van der Waals surface area contributed by atoms with Gasteiger partial charge in [0.1, 0.15) is 17.7 Å². The summed E-state index contributed by atoms with van der Waals surface area (Å²) in [6.45, 7) is 7.99. The molecule has 0 spiro atoms. The molecule has 2 atom stereocenters. The van der Waals surface area contributed by atoms with Crippen molar-refractivity contribution in [2.45, 2.75) is 77.0 Å². The number of amides is 2. The fraction of sp³-hybridized carbons (Fsp3) is 0.405. The standard InChI is InChI=1S/C37H44N8O5S/c1-37(2,3)32-22-34(45(42-32)26-12-10-11-25(21-26)24-49-51(4,47)48)39-35(46)38-30-16-17-31(29-14-7-6-13-28(29)30)50-27-15-18-33-40-41-36(44(33)23-27)43-19-8-5-9-20-43/h6-7,10-15,18,21-23,30-31H,5,8-9,16-17,19-20,24H2,1-4H3,(H2,38,39,46)/t30-,31+/m0/s1. The quantitative estimate of drug-likeness (QED) is 0.165. The molecule has 1 fully saturated rings. The summed E-state index contributed by atoms with van der Waals surface area (Å²) in [6.07, 6.45) is 7.73. The van der Waals surface area contributed by atoms with Gasteiger partial charge in [-0.3, -0.25) is 13.9 Å². The van der Waals surface area contributed by atoms with E-state index < -0.39 is 10.1 Å². The van der Waals surface area contributed by atoms with Crippen LogP contribution in [0.2, 0.25) is 0 Å². The van der Waals surface area contributed by atoms with Crippen molar-refractivity contribution >= 4 is 33.6 Å². The van der Waals surface area contributed by atoms with Gasteiger partial charge in [0.05, 0.1) is 36.5 Å². The van der Waals surface area contributed by atoms with Crippen LogP contribution >= 0.6 is 0 Å². The van der Waals surface area contributed by atoms with E-state index in [1.807, 2.05) is 53.1 Å². The van der Waals surface area contributed by atoms with Crippen molar-refractivity contribution in [1.29, 1.82) is 0 Å². The van der Waals surface area contributed by atoms with E-state index in [4.69, 9.17) is 14.0 Å². The van der Waals surface area contributed by atoms with Crippen molar-refractivity contribution in [3.8, 4) is 11.4 Å². The lowest BCUT2D eigenvalue weighted by atomic mass is 9.85. The molecule has 7 rings (SSSR count). The monoisotopic (exact) mass is 712 g/mol. The number of carbonyl (C=O) groups excluding carboxylic acids is 1. The molecule has 1 saturated heterocycles. The van der Waals surface area contributed by atoms with Crippen LogP contribution < -0.4 is 20.3 Å². The summed E-state index contributed by atoms with van der Waals surface area (Å²) >= 11 is 0. The number of benzene rings is 2. The Kier molecular flexibility index (Phi) is 9.46. The lowest BCUT2D eigenvalue weighted by Gasteiger charge is -2.32. The Hall–Kier alpha value is -4.95. The summed E-state index contributed by atoms with van der Waals surface area (Å²) in [7, 11) is -3.61. The maximum absolute atomic E-state index is 13.6. The van der Waals surface area contributed by atoms with E-state index in [9.17, 15) is 13.2 Å². The molecule has 4 heterocycles. The number of ether oxygens (including phenoxy) is 1. The number of urea groups is 1. The van der Waals surface area contributed by atoms with Gasteiger partial charge in [0.2, 0.25) is 5.95 Å². The summed E-state index contributed by atoms with van der Waals surface area (Å²) in [4.78, 5) is 15.9. The SMILES string of the molecule is CC(C)(C)c1cc(NC(=O)N[C@H]2CC[C@@H](Oc3ccc4nnc(N5CCCCC5)n4c3)c3ccccc32)n(-c2cccc(COS(C)(=O)=O)c2)n1. The molecule has 1 aliphatic heterocycles. The number of fused-ring (bicyclic) bond motifs is 2. The molecule has 2 aliphatic rings. The fourth-order valence-corrected chi connectivity index (χ4v) is 7.07. The number of nitrogens with zero attached hydrogens (tertiary/aromatic N) is 6. The Morgan fingerprint density at radius 3 is 2.49 bits per heavy atom. The zero-order valence-corrected chi connectivity index (χ0v) is 30.2. The number of rotatable bonds is 9. The Morgan fingerprint density at radius 2 is 1.73 bits per heavy atom. The topological polar surface area (TPSA) is 145 Å². The largest absolute Gasteiger partial charge is 0.484 e. The van der Waals surface area contributed by atoms with Gasteiger partial charge >= 0.3 is 6.03 Å². The first-order valence-electron chi connectivity index (χ1n) is 17.4. The highest BCUT2D eigenvalue weighted by Gasteiger charge is 2.30. The zero-order valence-electron chi connectivity index (χ0n) is 29.4. The average molecular weight is 713 g/mol. The molecular formula is C37H44N8O5S. The molecule has 2 aromatic carbocycles. The van der Waals surface area contributed by atoms with Crippen LogP contribution in [0.4, 0.5) is 16.6 Å². The highest BCUT2D eigenvalue weighted by Crippen LogP contribution is 2.39. The molecule has 14 heteroatoms. The minimum atomic E-state index is -3.61. The van der Waals surface area contributed by atoms with E-state index in [-0.39, 0.29) is 30.2 Å². The third-order valence-electron chi connectivity index (χ3n) is 9.33. The molecule has 3 aromatic heterocycles. The molecule has 5 aromatic rings. The molecule has 1 aliphatic carbocycles. The van der Waals surface area contributed by atoms with E-state index in [0.717, 1.165) is 66.4 Å². The maximum Gasteiger partial charge on any atom is 0.320 e. The molecule has 51 heavy (non-hydrogen) atoms. The van der Waals surface area contributed by atoms with E-state index in [0.29, 0.717) is 29.9 Å². The van der Waals surface area contributed by atoms with Gasteiger partial charge in [-0.05, 0) is 73.1 Å². The van der Waals surface area contributed by atoms with Gasteiger partial charge in [-0.2, -0.15) is 13.5 Å². The molecule has 2 N–H and O–H groups in total. The summed E-state index contributed by atoms with van der Waals surface area (Å²) in [5, 5.41) is 19.9. The van der Waals surface area contributed by atoms with E-state index >= 15 is 0 Å². The van der Waals surface area contributed by atoms with Gasteiger partial charge in [-0.1, -0.05) is 57.2 Å². The number of aromatic nitrogens is 5. The molecular weight excluding hydrogens is 669 g/mol. The van der Waals surface area contributed by atoms with Gasteiger partial charge in [0, 0.05) is 24.6 Å². The summed E-state index contributed by atoms with van der Waals surface area (Å²) in [5.41, 5.74) is 4.62. The lowest BCUT2D eigenvalue weighted by molar-refractivity contribution is 0.171. The lowest BCUT2D eigenvalue weighted by Crippen LogP contribution is -2.36. The van der Waals surface area contributed by atoms with Gasteiger partial charge in [0.15, 0.2) is 5.65 Å². The van der Waals surface area contributed by atoms with Gasteiger partial charge in [-0.15, -0.1) is 10.2 Å². The predicted molar refractivity (Wildman–Crippen MR) is 195 cm³/mol. The average Bonchev–Trinajstić information content (AvgIpc) is 3.73. The van der Waals surface area contributed by atoms with Crippen LogP contribution in [0.1, 0.15) is 87.4 Å². The third-order valence-corrected chi connectivity index (χ3v) is 9.88. The number of hydrogen-bond acceptors (Lipinski definition) is 9. The maximum atomic E-state index is 13.6. The van der Waals surface area contributed by atoms with Crippen LogP contribution in [0.25, 0.3) is 11.3 Å². The first-order valence-corrected chi connectivity index (χ1v) is 19.2. The molecule has 13 nitrogen and oxygen atoms in total. The number of hydrogen-bond donors (Lipinski definition) is 2. The minimum Gasteiger partial charge on any atom is -0.484 e. The Bertz CT molecular complexity index is 2150. The fourth-order valence-electron chi connectivity index (χ4n) is 6.72. The second-order valence-electron chi connectivity index (χ2n) is 14.3. The predicted octanol–water partition coefficient (Wildman–Crippen LogP) is 6.46. The van der Waals surface area contributed by atoms with Crippen LogP contribution in [0.15, 0.2) is 72.9 Å². The summed E-state index contributed by atoms with van der Waals surface area (Å²) in [6, 6.07) is 20.4. The van der Waals surface area contributed by atoms with Crippen molar-refractivity contribution in [3.63, 3.8) is 0 Å². The summed E-state index contributed by atoms with van der Waals surface area (Å²) < 4.78 is 38.4. The van der Waals surface area contributed by atoms with Crippen LogP contribution in [-0.4, -0.2) is 58.2 Å². The highest BCUT2D eigenvalue weighted by molar-refractivity contribution is 7.85. The van der Waals surface area contributed by atoms with Gasteiger partial charge < -0.3 is 15.0 Å². The van der Waals surface area contributed by atoms with E-state index in [1.165, 1.54) is 6.42 Å². The van der Waals surface area contributed by atoms with Crippen LogP contribution in [0.5, 0.6) is 5.75 Å². The second kappa shape index (κ2) is 14.0. The van der Waals surface area contributed by atoms with Crippen molar-refractivity contribution in [3.05, 3.63) is 95.3 Å². The van der Waals surface area contributed by atoms with Crippen molar-refractivity contribution in [2.75, 3.05) is 29.6 Å². The van der Waals surface area contributed by atoms with Crippen molar-refractivity contribution in [1.82, 2.24) is 29.7 Å². The Balaban J connectivity index is 1.08. The summed E-state index contributed by atoms with van der Waals surface area (Å²) in [5.74, 6) is 2.07. The van der Waals surface area contributed by atoms with Crippen molar-refractivity contribution in [2.24, 2.45) is 0 Å². The first-order chi connectivity index (χ1) is 24.4. The Morgan fingerprint density at radius 1 is 0.941 bits per heavy atom. The zero-order chi connectivity index (χ0) is 35.8. The van der Waals surface area contributed by atoms with Crippen LogP contribution in [0.3, 0.4) is 0 Å².